The lowest BCUT2D eigenvalue weighted by atomic mass is 9.98. The minimum Gasteiger partial charge on any atom is -0.331 e. The number of fused-ring (bicyclic) bond motifs is 1. The average Bonchev–Trinajstić information content (AvgIpc) is 2.95. The lowest BCUT2D eigenvalue weighted by molar-refractivity contribution is 0.353. The molecule has 2 atom stereocenters. The fraction of sp³-hybridized carbons (Fsp3) is 0.800. The summed E-state index contributed by atoms with van der Waals surface area (Å²) in [6.45, 7) is 7.95. The van der Waals surface area contributed by atoms with Gasteiger partial charge in [-0.2, -0.15) is 0 Å². The van der Waals surface area contributed by atoms with Gasteiger partial charge in [-0.25, -0.2) is 4.98 Å². The monoisotopic (exact) mass is 247 g/mol. The van der Waals surface area contributed by atoms with Gasteiger partial charge < -0.3 is 9.88 Å². The van der Waals surface area contributed by atoms with Crippen LogP contribution in [0, 0.1) is 11.8 Å². The maximum Gasteiger partial charge on any atom is 0.108 e. The Bertz CT molecular complexity index is 422. The van der Waals surface area contributed by atoms with Crippen molar-refractivity contribution >= 4 is 0 Å². The maximum atomic E-state index is 4.84. The summed E-state index contributed by atoms with van der Waals surface area (Å²) in [5.41, 5.74) is 2.83. The molecular weight excluding hydrogens is 222 g/mol. The van der Waals surface area contributed by atoms with Crippen molar-refractivity contribution in [2.24, 2.45) is 11.8 Å². The third kappa shape index (κ3) is 2.09. The first-order valence-corrected chi connectivity index (χ1v) is 7.57. The third-order valence-electron chi connectivity index (χ3n) is 4.84. The fourth-order valence-electron chi connectivity index (χ4n) is 3.64. The molecular formula is C15H25N3. The number of imidazole rings is 1. The van der Waals surface area contributed by atoms with Crippen LogP contribution in [-0.4, -0.2) is 16.1 Å². The van der Waals surface area contributed by atoms with Gasteiger partial charge in [0.25, 0.3) is 0 Å². The van der Waals surface area contributed by atoms with Crippen LogP contribution >= 0.6 is 0 Å². The summed E-state index contributed by atoms with van der Waals surface area (Å²) in [4.78, 5) is 4.84. The number of aryl methyl sites for hydroxylation is 1. The number of nitrogens with zero attached hydrogens (tertiary/aromatic N) is 2. The fourth-order valence-corrected chi connectivity index (χ4v) is 3.64. The van der Waals surface area contributed by atoms with Crippen LogP contribution in [0.3, 0.4) is 0 Å². The van der Waals surface area contributed by atoms with E-state index in [1.807, 2.05) is 0 Å². The van der Waals surface area contributed by atoms with Crippen molar-refractivity contribution in [3.63, 3.8) is 0 Å². The molecule has 0 saturated heterocycles. The molecule has 2 aliphatic rings. The topological polar surface area (TPSA) is 29.9 Å². The van der Waals surface area contributed by atoms with Crippen LogP contribution in [0.15, 0.2) is 0 Å². The summed E-state index contributed by atoms with van der Waals surface area (Å²) in [6, 6.07) is 0. The Morgan fingerprint density at radius 3 is 3.00 bits per heavy atom. The predicted octanol–water partition coefficient (Wildman–Crippen LogP) is 2.53. The molecule has 0 radical (unpaired) electrons. The molecule has 3 rings (SSSR count). The highest BCUT2D eigenvalue weighted by Crippen LogP contribution is 2.33. The minimum atomic E-state index is 0.878. The largest absolute Gasteiger partial charge is 0.331 e. The highest BCUT2D eigenvalue weighted by atomic mass is 15.1. The Hall–Kier alpha value is -0.830. The van der Waals surface area contributed by atoms with Crippen molar-refractivity contribution < 1.29 is 0 Å². The van der Waals surface area contributed by atoms with Gasteiger partial charge in [0.05, 0.1) is 5.69 Å². The number of nitrogens with one attached hydrogen (secondary N) is 1. The zero-order valence-electron chi connectivity index (χ0n) is 11.7. The molecule has 3 heteroatoms. The normalized spacial score (nSPS) is 27.4. The third-order valence-corrected chi connectivity index (χ3v) is 4.84. The predicted molar refractivity (Wildman–Crippen MR) is 73.5 cm³/mol. The first-order chi connectivity index (χ1) is 8.79. The second-order valence-corrected chi connectivity index (χ2v) is 5.98. The SMILES string of the molecule is CCc1nc2c(n1CC1CCCC1C)CCNC2. The second-order valence-electron chi connectivity index (χ2n) is 5.98. The van der Waals surface area contributed by atoms with E-state index in [-0.39, 0.29) is 0 Å². The summed E-state index contributed by atoms with van der Waals surface area (Å²) < 4.78 is 2.56. The summed E-state index contributed by atoms with van der Waals surface area (Å²) in [5.74, 6) is 3.08. The number of aromatic nitrogens is 2. The summed E-state index contributed by atoms with van der Waals surface area (Å²) >= 11 is 0. The Morgan fingerprint density at radius 1 is 1.39 bits per heavy atom. The average molecular weight is 247 g/mol. The molecule has 100 valence electrons. The van der Waals surface area contributed by atoms with Crippen LogP contribution in [-0.2, 0) is 25.9 Å². The molecule has 1 N–H and O–H groups in total. The molecule has 18 heavy (non-hydrogen) atoms. The first-order valence-electron chi connectivity index (χ1n) is 7.57. The number of hydrogen-bond donors (Lipinski definition) is 1. The molecule has 0 aromatic carbocycles. The summed E-state index contributed by atoms with van der Waals surface area (Å²) in [6.07, 6.45) is 6.48. The second kappa shape index (κ2) is 5.04. The van der Waals surface area contributed by atoms with E-state index >= 15 is 0 Å². The lowest BCUT2D eigenvalue weighted by Gasteiger charge is -2.21. The van der Waals surface area contributed by atoms with E-state index in [2.05, 4.69) is 23.7 Å². The molecule has 1 fully saturated rings. The molecule has 1 aliphatic carbocycles. The van der Waals surface area contributed by atoms with Gasteiger partial charge in [0.15, 0.2) is 0 Å². The van der Waals surface area contributed by atoms with Crippen molar-refractivity contribution in [1.82, 2.24) is 14.9 Å². The highest BCUT2D eigenvalue weighted by molar-refractivity contribution is 5.20. The van der Waals surface area contributed by atoms with Gasteiger partial charge in [0.2, 0.25) is 0 Å². The van der Waals surface area contributed by atoms with Crippen LogP contribution in [0.25, 0.3) is 0 Å². The highest BCUT2D eigenvalue weighted by Gasteiger charge is 2.26. The van der Waals surface area contributed by atoms with Crippen LogP contribution < -0.4 is 5.32 Å². The van der Waals surface area contributed by atoms with Crippen LogP contribution in [0.2, 0.25) is 0 Å². The molecule has 1 aromatic heterocycles. The van der Waals surface area contributed by atoms with E-state index in [1.165, 1.54) is 43.0 Å². The number of rotatable bonds is 3. The Morgan fingerprint density at radius 2 is 2.28 bits per heavy atom. The molecule has 1 aromatic rings. The van der Waals surface area contributed by atoms with E-state index in [0.29, 0.717) is 0 Å². The first kappa shape index (κ1) is 12.2. The van der Waals surface area contributed by atoms with Crippen LogP contribution in [0.4, 0.5) is 0 Å². The Kier molecular flexibility index (Phi) is 3.42. The van der Waals surface area contributed by atoms with E-state index in [9.17, 15) is 0 Å². The molecule has 3 nitrogen and oxygen atoms in total. The van der Waals surface area contributed by atoms with Gasteiger partial charge in [0.1, 0.15) is 5.82 Å². The van der Waals surface area contributed by atoms with Crippen molar-refractivity contribution in [2.75, 3.05) is 6.54 Å². The van der Waals surface area contributed by atoms with Crippen LogP contribution in [0.5, 0.6) is 0 Å². The van der Waals surface area contributed by atoms with Crippen molar-refractivity contribution in [2.45, 2.75) is 59.0 Å². The maximum absolute atomic E-state index is 4.84. The van der Waals surface area contributed by atoms with E-state index < -0.39 is 0 Å². The molecule has 1 saturated carbocycles. The molecule has 0 amide bonds. The summed E-state index contributed by atoms with van der Waals surface area (Å²) in [7, 11) is 0. The Balaban J connectivity index is 1.87. The smallest absolute Gasteiger partial charge is 0.108 e. The van der Waals surface area contributed by atoms with Crippen molar-refractivity contribution in [3.8, 4) is 0 Å². The van der Waals surface area contributed by atoms with E-state index in [4.69, 9.17) is 4.98 Å². The lowest BCUT2D eigenvalue weighted by Crippen LogP contribution is -2.26. The van der Waals surface area contributed by atoms with Crippen molar-refractivity contribution in [1.29, 1.82) is 0 Å². The zero-order chi connectivity index (χ0) is 12.5. The van der Waals surface area contributed by atoms with Gasteiger partial charge in [-0.05, 0) is 18.3 Å². The van der Waals surface area contributed by atoms with Gasteiger partial charge >= 0.3 is 0 Å². The molecule has 2 unspecified atom stereocenters. The standard InChI is InChI=1S/C15H25N3/c1-3-15-17-13-9-16-8-7-14(13)18(15)10-12-6-4-5-11(12)2/h11-12,16H,3-10H2,1-2H3. The van der Waals surface area contributed by atoms with Gasteiger partial charge in [-0.15, -0.1) is 0 Å². The van der Waals surface area contributed by atoms with Crippen molar-refractivity contribution in [3.05, 3.63) is 17.2 Å². The number of hydrogen-bond acceptors (Lipinski definition) is 2. The van der Waals surface area contributed by atoms with Gasteiger partial charge in [-0.3, -0.25) is 0 Å². The molecule has 0 bridgehead atoms. The zero-order valence-corrected chi connectivity index (χ0v) is 11.7. The molecule has 2 heterocycles. The van der Waals surface area contributed by atoms with E-state index in [0.717, 1.165) is 37.8 Å². The van der Waals surface area contributed by atoms with Gasteiger partial charge in [-0.1, -0.05) is 26.7 Å². The Labute approximate surface area is 110 Å². The quantitative estimate of drug-likeness (QED) is 0.889. The molecule has 1 aliphatic heterocycles. The summed E-state index contributed by atoms with van der Waals surface area (Å²) in [5, 5.41) is 3.43. The molecule has 0 spiro atoms. The van der Waals surface area contributed by atoms with Gasteiger partial charge in [0, 0.05) is 38.2 Å². The van der Waals surface area contributed by atoms with Crippen LogP contribution in [0.1, 0.15) is 50.3 Å². The van der Waals surface area contributed by atoms with E-state index in [1.54, 1.807) is 0 Å². The minimum absolute atomic E-state index is 0.878.